The molecule has 7 heteroatoms. The number of hydrogen-bond acceptors (Lipinski definition) is 5. The van der Waals surface area contributed by atoms with Gasteiger partial charge in [-0.1, -0.05) is 23.7 Å². The summed E-state index contributed by atoms with van der Waals surface area (Å²) in [6.07, 6.45) is 6.87. The van der Waals surface area contributed by atoms with Crippen molar-refractivity contribution in [1.29, 1.82) is 0 Å². The van der Waals surface area contributed by atoms with Crippen LogP contribution in [0.1, 0.15) is 0 Å². The standard InChI is InChI=1S/C17H18ClN5S/c1-24-15-7-19-6-11(15)12-8-22(14-5-3-2-4-13(14)18)9-16-21-20-10-23(16)17(12)24/h2-5,7-8,16,20-21H,6,9-10H2,1H3. The third-order valence-electron chi connectivity index (χ3n) is 4.90. The second-order valence-electron chi connectivity index (χ2n) is 6.24. The molecule has 1 aromatic carbocycles. The number of anilines is 1. The highest BCUT2D eigenvalue weighted by atomic mass is 35.5. The fraction of sp³-hybridized carbons (Fsp3) is 0.294. The Morgan fingerprint density at radius 1 is 1.33 bits per heavy atom. The molecule has 4 aliphatic heterocycles. The van der Waals surface area contributed by atoms with Gasteiger partial charge in [-0.25, -0.2) is 15.8 Å². The Kier molecular flexibility index (Phi) is 3.43. The van der Waals surface area contributed by atoms with Gasteiger partial charge >= 0.3 is 0 Å². The molecule has 124 valence electrons. The van der Waals surface area contributed by atoms with E-state index in [2.05, 4.69) is 50.4 Å². The van der Waals surface area contributed by atoms with Crippen molar-refractivity contribution in [3.63, 3.8) is 0 Å². The maximum absolute atomic E-state index is 6.47. The normalized spacial score (nSPS) is 28.8. The van der Waals surface area contributed by atoms with Crippen molar-refractivity contribution in [2.45, 2.75) is 6.17 Å². The van der Waals surface area contributed by atoms with Gasteiger partial charge in [-0.05, 0) is 24.0 Å². The summed E-state index contributed by atoms with van der Waals surface area (Å²) in [5.41, 5.74) is 10.4. The van der Waals surface area contributed by atoms with Crippen LogP contribution < -0.4 is 15.8 Å². The molecule has 0 spiro atoms. The number of nitrogens with one attached hydrogen (secondary N) is 2. The van der Waals surface area contributed by atoms with Crippen LogP contribution >= 0.6 is 22.1 Å². The molecule has 2 atom stereocenters. The van der Waals surface area contributed by atoms with E-state index in [0.717, 1.165) is 30.5 Å². The number of nitrogens with zero attached hydrogens (tertiary/aromatic N) is 3. The summed E-state index contributed by atoms with van der Waals surface area (Å²) in [5, 5.41) is 0.778. The summed E-state index contributed by atoms with van der Waals surface area (Å²) >= 11 is 6.47. The largest absolute Gasteiger partial charge is 0.343 e. The van der Waals surface area contributed by atoms with Crippen LogP contribution in [0, 0.1) is 0 Å². The van der Waals surface area contributed by atoms with E-state index in [0.29, 0.717) is 0 Å². The zero-order valence-electron chi connectivity index (χ0n) is 13.3. The lowest BCUT2D eigenvalue weighted by atomic mass is 10.1. The maximum Gasteiger partial charge on any atom is 0.0967 e. The molecule has 4 heterocycles. The fourth-order valence-corrected chi connectivity index (χ4v) is 6.04. The molecule has 1 fully saturated rings. The van der Waals surface area contributed by atoms with Gasteiger partial charge in [-0.3, -0.25) is 4.99 Å². The van der Waals surface area contributed by atoms with Crippen LogP contribution in [0.2, 0.25) is 5.02 Å². The number of allylic oxidation sites excluding steroid dienone is 1. The lowest BCUT2D eigenvalue weighted by Crippen LogP contribution is -2.45. The average molecular weight is 360 g/mol. The summed E-state index contributed by atoms with van der Waals surface area (Å²) in [4.78, 5) is 12.0. The fourth-order valence-electron chi connectivity index (χ4n) is 3.76. The molecule has 0 saturated carbocycles. The minimum absolute atomic E-state index is 0.0718. The Morgan fingerprint density at radius 2 is 2.21 bits per heavy atom. The molecule has 1 aromatic rings. The predicted octanol–water partition coefficient (Wildman–Crippen LogP) is 2.12. The van der Waals surface area contributed by atoms with Gasteiger partial charge in [-0.2, -0.15) is 0 Å². The van der Waals surface area contributed by atoms with Gasteiger partial charge in [0, 0.05) is 22.9 Å². The smallest absolute Gasteiger partial charge is 0.0967 e. The molecule has 0 bridgehead atoms. The molecule has 0 amide bonds. The lowest BCUT2D eigenvalue weighted by molar-refractivity contribution is 0.382. The van der Waals surface area contributed by atoms with Crippen molar-refractivity contribution in [3.05, 3.63) is 51.5 Å². The van der Waals surface area contributed by atoms with E-state index in [1.165, 1.54) is 21.0 Å². The zero-order valence-corrected chi connectivity index (χ0v) is 14.9. The highest BCUT2D eigenvalue weighted by Gasteiger charge is 2.39. The number of aliphatic imine (C=N–C) groups is 1. The van der Waals surface area contributed by atoms with Gasteiger partial charge in [0.25, 0.3) is 0 Å². The molecular formula is C17H18ClN5S. The monoisotopic (exact) mass is 359 g/mol. The summed E-state index contributed by atoms with van der Waals surface area (Å²) in [5.74, 6) is 0. The van der Waals surface area contributed by atoms with Crippen LogP contribution in [-0.2, 0) is 0 Å². The van der Waals surface area contributed by atoms with E-state index in [9.17, 15) is 0 Å². The van der Waals surface area contributed by atoms with Gasteiger partial charge in [0.05, 0.1) is 41.6 Å². The van der Waals surface area contributed by atoms with Crippen molar-refractivity contribution < 1.29 is 0 Å². The SMILES string of the molecule is CS1=C2C(=CN(c3ccccc3Cl)CC3NNCN23)C2=C1C=NC2. The number of fused-ring (bicyclic) bond motifs is 4. The van der Waals surface area contributed by atoms with Gasteiger partial charge in [0.2, 0.25) is 0 Å². The van der Waals surface area contributed by atoms with E-state index >= 15 is 0 Å². The van der Waals surface area contributed by atoms with Crippen molar-refractivity contribution >= 4 is 39.0 Å². The number of halogens is 1. The number of hydrazine groups is 1. The summed E-state index contributed by atoms with van der Waals surface area (Å²) in [6.45, 7) is 2.45. The van der Waals surface area contributed by atoms with Crippen LogP contribution in [0.25, 0.3) is 0 Å². The third kappa shape index (κ3) is 2.08. The second kappa shape index (κ2) is 5.54. The van der Waals surface area contributed by atoms with Crippen molar-refractivity contribution in [2.24, 2.45) is 4.99 Å². The molecule has 2 unspecified atom stereocenters. The van der Waals surface area contributed by atoms with E-state index in [1.54, 1.807) is 0 Å². The molecule has 4 aliphatic rings. The number of para-hydroxylation sites is 1. The summed E-state index contributed by atoms with van der Waals surface area (Å²) in [7, 11) is 0.0718. The molecule has 2 N–H and O–H groups in total. The topological polar surface area (TPSA) is 42.9 Å². The number of hydrogen-bond donors (Lipinski definition) is 2. The Labute approximate surface area is 148 Å². The van der Waals surface area contributed by atoms with Crippen molar-refractivity contribution in [1.82, 2.24) is 15.8 Å². The molecule has 5 rings (SSSR count). The average Bonchev–Trinajstić information content (AvgIpc) is 3.25. The van der Waals surface area contributed by atoms with E-state index in [4.69, 9.17) is 11.6 Å². The molecule has 24 heavy (non-hydrogen) atoms. The Hall–Kier alpha value is -1.44. The van der Waals surface area contributed by atoms with Crippen LogP contribution in [0.5, 0.6) is 0 Å². The second-order valence-corrected chi connectivity index (χ2v) is 8.49. The van der Waals surface area contributed by atoms with Crippen LogP contribution in [0.4, 0.5) is 5.69 Å². The molecule has 0 aliphatic carbocycles. The van der Waals surface area contributed by atoms with Crippen LogP contribution in [-0.4, -0.2) is 48.3 Å². The highest BCUT2D eigenvalue weighted by molar-refractivity contribution is 8.20. The molecule has 1 saturated heterocycles. The lowest BCUT2D eigenvalue weighted by Gasteiger charge is -2.27. The predicted molar refractivity (Wildman–Crippen MR) is 103 cm³/mol. The number of rotatable bonds is 1. The van der Waals surface area contributed by atoms with E-state index < -0.39 is 0 Å². The van der Waals surface area contributed by atoms with Gasteiger partial charge < -0.3 is 4.90 Å². The van der Waals surface area contributed by atoms with Gasteiger partial charge in [-0.15, -0.1) is 10.5 Å². The summed E-state index contributed by atoms with van der Waals surface area (Å²) < 4.78 is 0. The first-order valence-corrected chi connectivity index (χ1v) is 10.00. The molecular weight excluding hydrogens is 342 g/mol. The number of benzene rings is 1. The van der Waals surface area contributed by atoms with Crippen molar-refractivity contribution in [3.8, 4) is 0 Å². The third-order valence-corrected chi connectivity index (χ3v) is 7.27. The van der Waals surface area contributed by atoms with Crippen molar-refractivity contribution in [2.75, 3.05) is 30.9 Å². The quantitative estimate of drug-likeness (QED) is 0.754. The minimum Gasteiger partial charge on any atom is -0.343 e. The Bertz CT molecular complexity index is 856. The molecule has 0 radical (unpaired) electrons. The first-order chi connectivity index (χ1) is 11.7. The van der Waals surface area contributed by atoms with Crippen LogP contribution in [0.15, 0.2) is 51.5 Å². The Morgan fingerprint density at radius 3 is 3.08 bits per heavy atom. The first-order valence-electron chi connectivity index (χ1n) is 7.98. The molecule has 5 nitrogen and oxygen atoms in total. The van der Waals surface area contributed by atoms with Gasteiger partial charge in [0.15, 0.2) is 0 Å². The summed E-state index contributed by atoms with van der Waals surface area (Å²) in [6, 6.07) is 8.04. The Balaban J connectivity index is 1.68. The highest BCUT2D eigenvalue weighted by Crippen LogP contribution is 2.44. The van der Waals surface area contributed by atoms with Crippen LogP contribution in [0.3, 0.4) is 0 Å². The van der Waals surface area contributed by atoms with E-state index in [1.807, 2.05) is 18.2 Å². The minimum atomic E-state index is 0.0718. The first kappa shape index (κ1) is 14.9. The molecule has 0 aromatic heterocycles. The van der Waals surface area contributed by atoms with Gasteiger partial charge in [0.1, 0.15) is 0 Å². The zero-order chi connectivity index (χ0) is 16.3. The maximum atomic E-state index is 6.47. The van der Waals surface area contributed by atoms with E-state index in [-0.39, 0.29) is 16.6 Å².